The van der Waals surface area contributed by atoms with Gasteiger partial charge >= 0.3 is 6.09 Å². The highest BCUT2D eigenvalue weighted by molar-refractivity contribution is 5.90. The summed E-state index contributed by atoms with van der Waals surface area (Å²) in [5, 5.41) is 19.0. The van der Waals surface area contributed by atoms with Crippen LogP contribution in [0.3, 0.4) is 0 Å². The molecule has 1 aliphatic rings. The van der Waals surface area contributed by atoms with Crippen molar-refractivity contribution in [3.63, 3.8) is 0 Å². The molecule has 26 heavy (non-hydrogen) atoms. The van der Waals surface area contributed by atoms with Crippen molar-refractivity contribution in [2.75, 3.05) is 11.4 Å². The second-order valence-corrected chi connectivity index (χ2v) is 7.77. The molecule has 1 heterocycles. The predicted octanol–water partition coefficient (Wildman–Crippen LogP) is 4.35. The van der Waals surface area contributed by atoms with E-state index in [2.05, 4.69) is 45.0 Å². The number of ether oxygens (including phenoxy) is 1. The van der Waals surface area contributed by atoms with Crippen molar-refractivity contribution in [1.29, 1.82) is 0 Å². The Labute approximate surface area is 153 Å². The molecule has 5 nitrogen and oxygen atoms in total. The Morgan fingerprint density at radius 3 is 2.38 bits per heavy atom. The topological polar surface area (TPSA) is 70.0 Å². The molecule has 2 aromatic carbocycles. The molecule has 3 rings (SSSR count). The van der Waals surface area contributed by atoms with Crippen LogP contribution in [0.15, 0.2) is 42.5 Å². The monoisotopic (exact) mass is 355 g/mol. The fourth-order valence-electron chi connectivity index (χ4n) is 3.06. The maximum Gasteiger partial charge on any atom is 0.414 e. The minimum Gasteiger partial charge on any atom is -0.504 e. The molecule has 1 amide bonds. The summed E-state index contributed by atoms with van der Waals surface area (Å²) in [7, 11) is 0. The van der Waals surface area contributed by atoms with E-state index in [-0.39, 0.29) is 23.0 Å². The largest absolute Gasteiger partial charge is 0.504 e. The van der Waals surface area contributed by atoms with E-state index in [1.807, 2.05) is 0 Å². The smallest absolute Gasteiger partial charge is 0.414 e. The highest BCUT2D eigenvalue weighted by atomic mass is 16.6. The van der Waals surface area contributed by atoms with Gasteiger partial charge in [-0.2, -0.15) is 0 Å². The highest BCUT2D eigenvalue weighted by Gasteiger charge is 2.32. The first kappa shape index (κ1) is 18.1. The number of hydrogen-bond donors (Lipinski definition) is 2. The molecule has 0 bridgehead atoms. The molecule has 0 saturated carbocycles. The molecule has 0 aromatic heterocycles. The van der Waals surface area contributed by atoms with E-state index in [0.717, 1.165) is 12.8 Å². The number of carbonyl (C=O) groups excluding carboxylic acids is 1. The van der Waals surface area contributed by atoms with Gasteiger partial charge in [0, 0.05) is 6.07 Å². The van der Waals surface area contributed by atoms with Crippen LogP contribution in [0.5, 0.6) is 11.5 Å². The van der Waals surface area contributed by atoms with Crippen LogP contribution >= 0.6 is 0 Å². The molecular weight excluding hydrogens is 330 g/mol. The van der Waals surface area contributed by atoms with Crippen LogP contribution in [-0.2, 0) is 16.6 Å². The number of benzene rings is 2. The molecule has 0 aliphatic carbocycles. The lowest BCUT2D eigenvalue weighted by Gasteiger charge is -2.19. The molecule has 0 unspecified atom stereocenters. The van der Waals surface area contributed by atoms with Crippen molar-refractivity contribution in [1.82, 2.24) is 0 Å². The Morgan fingerprint density at radius 2 is 1.77 bits per heavy atom. The fraction of sp³-hybridized carbons (Fsp3) is 0.381. The molecule has 0 radical (unpaired) electrons. The molecule has 138 valence electrons. The van der Waals surface area contributed by atoms with E-state index in [1.165, 1.54) is 28.2 Å². The normalized spacial score (nSPS) is 17.4. The van der Waals surface area contributed by atoms with Gasteiger partial charge < -0.3 is 14.9 Å². The molecule has 1 saturated heterocycles. The van der Waals surface area contributed by atoms with Crippen LogP contribution < -0.4 is 4.90 Å². The summed E-state index contributed by atoms with van der Waals surface area (Å²) < 4.78 is 5.44. The average Bonchev–Trinajstić information content (AvgIpc) is 2.96. The molecule has 5 heteroatoms. The van der Waals surface area contributed by atoms with Gasteiger partial charge in [-0.05, 0) is 41.5 Å². The van der Waals surface area contributed by atoms with Gasteiger partial charge in [0.2, 0.25) is 0 Å². The molecular formula is C21H25NO4. The highest BCUT2D eigenvalue weighted by Crippen LogP contribution is 2.32. The number of hydrogen-bond acceptors (Lipinski definition) is 4. The van der Waals surface area contributed by atoms with Gasteiger partial charge in [0.05, 0.1) is 12.2 Å². The molecule has 2 N–H and O–H groups in total. The summed E-state index contributed by atoms with van der Waals surface area (Å²) >= 11 is 0. The van der Waals surface area contributed by atoms with E-state index >= 15 is 0 Å². The Bertz CT molecular complexity index is 793. The number of aromatic hydroxyl groups is 2. The lowest BCUT2D eigenvalue weighted by atomic mass is 9.86. The van der Waals surface area contributed by atoms with Crippen LogP contribution in [0.1, 0.15) is 38.3 Å². The summed E-state index contributed by atoms with van der Waals surface area (Å²) in [4.78, 5) is 13.6. The first-order chi connectivity index (χ1) is 12.2. The van der Waals surface area contributed by atoms with Crippen molar-refractivity contribution in [2.45, 2.75) is 45.1 Å². The van der Waals surface area contributed by atoms with E-state index < -0.39 is 6.09 Å². The summed E-state index contributed by atoms with van der Waals surface area (Å²) in [6.45, 7) is 7.00. The summed E-state index contributed by atoms with van der Waals surface area (Å²) in [5.74, 6) is -0.464. The molecule has 1 atom stereocenters. The number of nitrogens with zero attached hydrogens (tertiary/aromatic N) is 1. The minimum atomic E-state index is -0.428. The number of aryl methyl sites for hydroxylation is 1. The van der Waals surface area contributed by atoms with Gasteiger partial charge in [-0.15, -0.1) is 0 Å². The van der Waals surface area contributed by atoms with Gasteiger partial charge in [0.15, 0.2) is 11.5 Å². The number of cyclic esters (lactones) is 1. The lowest BCUT2D eigenvalue weighted by molar-refractivity contribution is 0.137. The predicted molar refractivity (Wildman–Crippen MR) is 101 cm³/mol. The second-order valence-electron chi connectivity index (χ2n) is 7.77. The van der Waals surface area contributed by atoms with Crippen molar-refractivity contribution in [2.24, 2.45) is 0 Å². The summed E-state index contributed by atoms with van der Waals surface area (Å²) in [6, 6.07) is 12.9. The van der Waals surface area contributed by atoms with E-state index in [1.54, 1.807) is 6.07 Å². The zero-order chi connectivity index (χ0) is 18.9. The number of rotatable bonds is 4. The lowest BCUT2D eigenvalue weighted by Crippen LogP contribution is -2.24. The summed E-state index contributed by atoms with van der Waals surface area (Å²) in [6.07, 6.45) is 0.946. The van der Waals surface area contributed by atoms with Gasteiger partial charge in [0.1, 0.15) is 6.10 Å². The quantitative estimate of drug-likeness (QED) is 0.800. The molecule has 2 aromatic rings. The Morgan fingerprint density at radius 1 is 1.08 bits per heavy atom. The van der Waals surface area contributed by atoms with Crippen LogP contribution in [0.2, 0.25) is 0 Å². The first-order valence-electron chi connectivity index (χ1n) is 8.83. The number of phenolic OH excluding ortho intramolecular Hbond substituents is 2. The average molecular weight is 355 g/mol. The number of anilines is 1. The number of amides is 1. The third-order valence-electron chi connectivity index (χ3n) is 4.72. The fourth-order valence-corrected chi connectivity index (χ4v) is 3.06. The van der Waals surface area contributed by atoms with Crippen molar-refractivity contribution in [3.8, 4) is 11.5 Å². The van der Waals surface area contributed by atoms with E-state index in [9.17, 15) is 15.0 Å². The Balaban J connectivity index is 1.60. The third kappa shape index (κ3) is 3.93. The van der Waals surface area contributed by atoms with Gasteiger partial charge in [-0.1, -0.05) is 45.0 Å². The standard InChI is InChI=1S/C21H25NO4/c1-21(2,3)15-7-4-14(5-8-15)6-10-17-13-22(20(25)26-17)16-9-11-18(23)19(24)12-16/h4-5,7-9,11-12,17,23-24H,6,10,13H2,1-3H3/t17-/m1/s1. The minimum absolute atomic E-state index is 0.135. The van der Waals surface area contributed by atoms with Crippen LogP contribution in [0, 0.1) is 0 Å². The SMILES string of the molecule is CC(C)(C)c1ccc(CC[C@@H]2CN(c3ccc(O)c(O)c3)C(=O)O2)cc1. The third-order valence-corrected chi connectivity index (χ3v) is 4.72. The van der Waals surface area contributed by atoms with Gasteiger partial charge in [0.25, 0.3) is 0 Å². The zero-order valence-corrected chi connectivity index (χ0v) is 15.4. The van der Waals surface area contributed by atoms with Crippen LogP contribution in [-0.4, -0.2) is 29.0 Å². The second kappa shape index (κ2) is 6.90. The Kier molecular flexibility index (Phi) is 4.81. The Hall–Kier alpha value is -2.69. The number of phenols is 2. The number of carbonyl (C=O) groups is 1. The van der Waals surface area contributed by atoms with Crippen molar-refractivity contribution >= 4 is 11.8 Å². The maximum absolute atomic E-state index is 12.1. The van der Waals surface area contributed by atoms with E-state index in [0.29, 0.717) is 12.2 Å². The molecule has 1 fully saturated rings. The van der Waals surface area contributed by atoms with Crippen molar-refractivity contribution < 1.29 is 19.7 Å². The zero-order valence-electron chi connectivity index (χ0n) is 15.4. The summed E-state index contributed by atoms with van der Waals surface area (Å²) in [5.41, 5.74) is 3.17. The first-order valence-corrected chi connectivity index (χ1v) is 8.83. The van der Waals surface area contributed by atoms with Gasteiger partial charge in [-0.25, -0.2) is 4.79 Å². The van der Waals surface area contributed by atoms with Crippen LogP contribution in [0.4, 0.5) is 10.5 Å². The van der Waals surface area contributed by atoms with Gasteiger partial charge in [-0.3, -0.25) is 4.90 Å². The van der Waals surface area contributed by atoms with Crippen molar-refractivity contribution in [3.05, 3.63) is 53.6 Å². The maximum atomic E-state index is 12.1. The van der Waals surface area contributed by atoms with E-state index in [4.69, 9.17) is 4.74 Å². The van der Waals surface area contributed by atoms with Crippen LogP contribution in [0.25, 0.3) is 0 Å². The molecule has 1 aliphatic heterocycles. The molecule has 0 spiro atoms.